The van der Waals surface area contributed by atoms with E-state index in [1.54, 1.807) is 0 Å². The monoisotopic (exact) mass is 622 g/mol. The molecule has 7 N–H and O–H groups in total. The molecule has 0 spiro atoms. The summed E-state index contributed by atoms with van der Waals surface area (Å²) >= 11 is 0. The first-order valence-electron chi connectivity index (χ1n) is 17.0. The molecule has 9 heteroatoms. The molecule has 6 rings (SSSR count). The molecule has 5 aliphatic carbocycles. The summed E-state index contributed by atoms with van der Waals surface area (Å²) in [6.07, 6.45) is -1.16. The third-order valence-electron chi connectivity index (χ3n) is 15.1. The number of ether oxygens (including phenoxy) is 2. The van der Waals surface area contributed by atoms with Crippen molar-refractivity contribution in [1.29, 1.82) is 0 Å². The molecule has 6 aliphatic rings. The highest BCUT2D eigenvalue weighted by atomic mass is 16.7. The van der Waals surface area contributed by atoms with Gasteiger partial charge in [-0.15, -0.1) is 0 Å². The molecule has 0 aromatic carbocycles. The Morgan fingerprint density at radius 3 is 2.18 bits per heavy atom. The molecule has 1 heterocycles. The zero-order chi connectivity index (χ0) is 32.4. The zero-order valence-electron chi connectivity index (χ0n) is 27.7. The average Bonchev–Trinajstić information content (AvgIpc) is 2.94. The van der Waals surface area contributed by atoms with E-state index in [0.717, 1.165) is 32.1 Å². The lowest BCUT2D eigenvalue weighted by atomic mass is 9.33. The van der Waals surface area contributed by atoms with Crippen molar-refractivity contribution in [2.75, 3.05) is 13.2 Å². The maximum Gasteiger partial charge on any atom is 0.186 e. The Bertz CT molecular complexity index is 1160. The first kappa shape index (κ1) is 33.3. The Kier molecular flexibility index (Phi) is 7.90. The predicted molar refractivity (Wildman–Crippen MR) is 163 cm³/mol. The summed E-state index contributed by atoms with van der Waals surface area (Å²) < 4.78 is 12.0. The van der Waals surface area contributed by atoms with Gasteiger partial charge in [-0.3, -0.25) is 0 Å². The van der Waals surface area contributed by atoms with E-state index < -0.39 is 60.4 Å². The molecule has 4 saturated carbocycles. The number of allylic oxidation sites excluding steroid dienone is 2. The second kappa shape index (κ2) is 10.4. The van der Waals surface area contributed by atoms with Crippen LogP contribution >= 0.6 is 0 Å². The van der Waals surface area contributed by atoms with Crippen molar-refractivity contribution in [3.05, 3.63) is 11.6 Å². The van der Waals surface area contributed by atoms with Crippen molar-refractivity contribution in [2.24, 2.45) is 50.2 Å². The highest BCUT2D eigenvalue weighted by molar-refractivity contribution is 5.36. The van der Waals surface area contributed by atoms with E-state index in [4.69, 9.17) is 9.47 Å². The van der Waals surface area contributed by atoms with E-state index in [-0.39, 0.29) is 40.3 Å². The largest absolute Gasteiger partial charge is 0.396 e. The molecule has 15 atom stereocenters. The first-order chi connectivity index (χ1) is 20.3. The van der Waals surface area contributed by atoms with Crippen molar-refractivity contribution in [3.63, 3.8) is 0 Å². The van der Waals surface area contributed by atoms with Crippen LogP contribution in [0.25, 0.3) is 0 Å². The van der Waals surface area contributed by atoms with Gasteiger partial charge in [-0.25, -0.2) is 0 Å². The number of aliphatic hydroxyl groups is 7. The Labute approximate surface area is 262 Å². The van der Waals surface area contributed by atoms with E-state index in [9.17, 15) is 35.7 Å². The fraction of sp³-hybridized carbons (Fsp3) is 0.943. The van der Waals surface area contributed by atoms with E-state index in [1.807, 2.05) is 13.8 Å². The van der Waals surface area contributed by atoms with Crippen LogP contribution in [0.5, 0.6) is 0 Å². The van der Waals surface area contributed by atoms with Gasteiger partial charge in [-0.2, -0.15) is 0 Å². The molecular weight excluding hydrogens is 564 g/mol. The Hall–Kier alpha value is -0.620. The van der Waals surface area contributed by atoms with Crippen LogP contribution in [0.1, 0.15) is 93.4 Å². The summed E-state index contributed by atoms with van der Waals surface area (Å²) in [5.41, 5.74) is -1.30. The fourth-order valence-corrected chi connectivity index (χ4v) is 12.1. The van der Waals surface area contributed by atoms with Crippen LogP contribution in [0.2, 0.25) is 0 Å². The van der Waals surface area contributed by atoms with Gasteiger partial charge in [0.15, 0.2) is 6.29 Å². The second-order valence-electron chi connectivity index (χ2n) is 17.7. The maximum atomic E-state index is 12.3. The number of hydrogen-bond acceptors (Lipinski definition) is 9. The molecular formula is C35H58O9. The fourth-order valence-electron chi connectivity index (χ4n) is 12.1. The van der Waals surface area contributed by atoms with Crippen LogP contribution in [0, 0.1) is 50.2 Å². The zero-order valence-corrected chi connectivity index (χ0v) is 27.7. The standard InChI is InChI=1S/C35H58O9/c1-30(2)14-19-18-8-9-22-32(5)12-11-23(38)31(3,4)21(32)10-13-33(22,6)34(18,7)15-24(39)35(19,17-36)28(27(30)42)44-29-26(41)25(40)20(37)16-43-29/h8,19-29,36-42H,9-17H2,1-7H3. The van der Waals surface area contributed by atoms with E-state index >= 15 is 0 Å². The minimum Gasteiger partial charge on any atom is -0.396 e. The maximum absolute atomic E-state index is 12.3. The van der Waals surface area contributed by atoms with Gasteiger partial charge in [-0.1, -0.05) is 60.1 Å². The van der Waals surface area contributed by atoms with Gasteiger partial charge >= 0.3 is 0 Å². The van der Waals surface area contributed by atoms with E-state index in [1.165, 1.54) is 5.57 Å². The molecule has 0 aromatic heterocycles. The third kappa shape index (κ3) is 4.16. The highest BCUT2D eigenvalue weighted by Gasteiger charge is 2.72. The summed E-state index contributed by atoms with van der Waals surface area (Å²) in [5.74, 6) is 0.475. The molecule has 1 aliphatic heterocycles. The van der Waals surface area contributed by atoms with Gasteiger partial charge in [-0.05, 0) is 89.8 Å². The van der Waals surface area contributed by atoms with Crippen LogP contribution in [-0.2, 0) is 9.47 Å². The van der Waals surface area contributed by atoms with Gasteiger partial charge in [0, 0.05) is 0 Å². The Morgan fingerprint density at radius 1 is 0.841 bits per heavy atom. The van der Waals surface area contributed by atoms with Crippen molar-refractivity contribution in [3.8, 4) is 0 Å². The second-order valence-corrected chi connectivity index (χ2v) is 17.7. The summed E-state index contributed by atoms with van der Waals surface area (Å²) in [5, 5.41) is 77.5. The topological polar surface area (TPSA) is 160 Å². The van der Waals surface area contributed by atoms with Crippen LogP contribution in [-0.4, -0.2) is 98.0 Å². The molecule has 44 heavy (non-hydrogen) atoms. The highest BCUT2D eigenvalue weighted by Crippen LogP contribution is 2.75. The quantitative estimate of drug-likeness (QED) is 0.235. The molecule has 0 amide bonds. The third-order valence-corrected chi connectivity index (χ3v) is 15.1. The van der Waals surface area contributed by atoms with Crippen LogP contribution < -0.4 is 0 Å². The van der Waals surface area contributed by atoms with Gasteiger partial charge in [0.2, 0.25) is 0 Å². The molecule has 5 fully saturated rings. The lowest BCUT2D eigenvalue weighted by Gasteiger charge is -2.72. The number of hydrogen-bond donors (Lipinski definition) is 7. The molecule has 1 saturated heterocycles. The lowest BCUT2D eigenvalue weighted by Crippen LogP contribution is -2.72. The van der Waals surface area contributed by atoms with Crippen molar-refractivity contribution < 1.29 is 45.2 Å². The number of rotatable bonds is 3. The van der Waals surface area contributed by atoms with Crippen molar-refractivity contribution in [2.45, 2.75) is 142 Å². The first-order valence-corrected chi connectivity index (χ1v) is 17.0. The number of aliphatic hydroxyl groups excluding tert-OH is 7. The van der Waals surface area contributed by atoms with Gasteiger partial charge in [0.05, 0.1) is 43.0 Å². The van der Waals surface area contributed by atoms with E-state index in [2.05, 4.69) is 40.7 Å². The molecule has 0 radical (unpaired) electrons. The van der Waals surface area contributed by atoms with Crippen molar-refractivity contribution >= 4 is 0 Å². The minimum absolute atomic E-state index is 0.0464. The SMILES string of the molecule is CC1(C)CC2C3=CCC4C5(C)CCC(O)C(C)(C)C5CCC4(C)C3(C)CC(O)C2(CO)C(OC2OCC(O)C(O)C2O)C1O. The lowest BCUT2D eigenvalue weighted by molar-refractivity contribution is -0.337. The van der Waals surface area contributed by atoms with Crippen molar-refractivity contribution in [1.82, 2.24) is 0 Å². The molecule has 252 valence electrons. The predicted octanol–water partition coefficient (Wildman–Crippen LogP) is 2.52. The van der Waals surface area contributed by atoms with E-state index in [0.29, 0.717) is 24.7 Å². The van der Waals surface area contributed by atoms with Gasteiger partial charge < -0.3 is 45.2 Å². The average molecular weight is 623 g/mol. The van der Waals surface area contributed by atoms with Crippen LogP contribution in [0.4, 0.5) is 0 Å². The van der Waals surface area contributed by atoms with Gasteiger partial charge in [0.25, 0.3) is 0 Å². The molecule has 9 nitrogen and oxygen atoms in total. The molecule has 0 bridgehead atoms. The summed E-state index contributed by atoms with van der Waals surface area (Å²) in [4.78, 5) is 0. The molecule has 0 aromatic rings. The Morgan fingerprint density at radius 2 is 1.52 bits per heavy atom. The minimum atomic E-state index is -1.56. The summed E-state index contributed by atoms with van der Waals surface area (Å²) in [6.45, 7) is 14.9. The summed E-state index contributed by atoms with van der Waals surface area (Å²) in [7, 11) is 0. The van der Waals surface area contributed by atoms with Crippen LogP contribution in [0.3, 0.4) is 0 Å². The normalized spacial score (nSPS) is 56.4. The summed E-state index contributed by atoms with van der Waals surface area (Å²) in [6, 6.07) is 0. The van der Waals surface area contributed by atoms with Crippen LogP contribution in [0.15, 0.2) is 11.6 Å². The van der Waals surface area contributed by atoms with Gasteiger partial charge in [0.1, 0.15) is 18.3 Å². The molecule has 15 unspecified atom stereocenters. The number of fused-ring (bicyclic) bond motifs is 7. The smallest absolute Gasteiger partial charge is 0.186 e. The Balaban J connectivity index is 1.42.